The molecule has 0 radical (unpaired) electrons. The molecule has 0 bridgehead atoms. The fourth-order valence-electron chi connectivity index (χ4n) is 2.47. The SMILES string of the molecule is CCc1cc(C(=O)N2CCC(O)C(C)C2)cc(NN)n1. The number of hydrazine groups is 1. The van der Waals surface area contributed by atoms with Gasteiger partial charge in [0.25, 0.3) is 5.91 Å². The van der Waals surface area contributed by atoms with E-state index in [9.17, 15) is 9.90 Å². The minimum absolute atomic E-state index is 0.0302. The first-order valence-electron chi connectivity index (χ1n) is 7.00. The van der Waals surface area contributed by atoms with Crippen LogP contribution in [0.2, 0.25) is 0 Å². The summed E-state index contributed by atoms with van der Waals surface area (Å²) < 4.78 is 0. The van der Waals surface area contributed by atoms with Gasteiger partial charge in [0.2, 0.25) is 0 Å². The van der Waals surface area contributed by atoms with Crippen molar-refractivity contribution in [1.29, 1.82) is 0 Å². The van der Waals surface area contributed by atoms with E-state index in [0.717, 1.165) is 12.1 Å². The zero-order valence-corrected chi connectivity index (χ0v) is 12.0. The molecule has 1 amide bonds. The number of carbonyl (C=O) groups is 1. The van der Waals surface area contributed by atoms with Crippen LogP contribution in [0.4, 0.5) is 5.82 Å². The number of aliphatic hydroxyl groups is 1. The van der Waals surface area contributed by atoms with Crippen LogP contribution in [0.25, 0.3) is 0 Å². The van der Waals surface area contributed by atoms with E-state index in [0.29, 0.717) is 30.9 Å². The Morgan fingerprint density at radius 2 is 2.35 bits per heavy atom. The molecule has 6 nitrogen and oxygen atoms in total. The van der Waals surface area contributed by atoms with Crippen molar-refractivity contribution in [2.24, 2.45) is 11.8 Å². The van der Waals surface area contributed by atoms with Crippen LogP contribution in [-0.4, -0.2) is 40.1 Å². The Morgan fingerprint density at radius 1 is 1.60 bits per heavy atom. The number of nitrogens with two attached hydrogens (primary N) is 1. The summed E-state index contributed by atoms with van der Waals surface area (Å²) in [5, 5.41) is 9.74. The second-order valence-corrected chi connectivity index (χ2v) is 5.31. The zero-order valence-electron chi connectivity index (χ0n) is 12.0. The maximum absolute atomic E-state index is 12.5. The van der Waals surface area contributed by atoms with Gasteiger partial charge in [0, 0.05) is 24.3 Å². The number of aliphatic hydroxyl groups excluding tert-OH is 1. The Balaban J connectivity index is 2.20. The Morgan fingerprint density at radius 3 is 2.95 bits per heavy atom. The van der Waals surface area contributed by atoms with Crippen molar-refractivity contribution in [2.45, 2.75) is 32.8 Å². The van der Waals surface area contributed by atoms with E-state index >= 15 is 0 Å². The average molecular weight is 278 g/mol. The van der Waals surface area contributed by atoms with Gasteiger partial charge in [-0.05, 0) is 30.9 Å². The zero-order chi connectivity index (χ0) is 14.7. The molecule has 1 aliphatic heterocycles. The number of nitrogens with zero attached hydrogens (tertiary/aromatic N) is 2. The van der Waals surface area contributed by atoms with Gasteiger partial charge < -0.3 is 15.4 Å². The summed E-state index contributed by atoms with van der Waals surface area (Å²) in [6.45, 7) is 5.10. The predicted octanol–water partition coefficient (Wildman–Crippen LogP) is 0.772. The minimum atomic E-state index is -0.316. The molecule has 1 fully saturated rings. The van der Waals surface area contributed by atoms with Crippen LogP contribution >= 0.6 is 0 Å². The van der Waals surface area contributed by atoms with Crippen molar-refractivity contribution >= 4 is 11.7 Å². The third-order valence-corrected chi connectivity index (χ3v) is 3.78. The number of rotatable bonds is 3. The molecule has 2 rings (SSSR count). The summed E-state index contributed by atoms with van der Waals surface area (Å²) in [5.41, 5.74) is 3.91. The number of aryl methyl sites for hydroxylation is 1. The molecule has 1 aliphatic rings. The summed E-state index contributed by atoms with van der Waals surface area (Å²) in [7, 11) is 0. The lowest BCUT2D eigenvalue weighted by atomic mass is 9.96. The molecule has 1 aromatic heterocycles. The molecule has 1 aromatic rings. The van der Waals surface area contributed by atoms with Gasteiger partial charge in [-0.3, -0.25) is 4.79 Å². The number of piperidine rings is 1. The highest BCUT2D eigenvalue weighted by Gasteiger charge is 2.28. The molecule has 6 heteroatoms. The van der Waals surface area contributed by atoms with Gasteiger partial charge in [0.15, 0.2) is 0 Å². The number of hydrogen-bond acceptors (Lipinski definition) is 5. The molecule has 4 N–H and O–H groups in total. The van der Waals surface area contributed by atoms with E-state index in [-0.39, 0.29) is 17.9 Å². The molecule has 0 aliphatic carbocycles. The van der Waals surface area contributed by atoms with E-state index in [1.165, 1.54) is 0 Å². The third-order valence-electron chi connectivity index (χ3n) is 3.78. The molecule has 2 heterocycles. The average Bonchev–Trinajstić information content (AvgIpc) is 2.48. The molecule has 0 saturated carbocycles. The van der Waals surface area contributed by atoms with Crippen LogP contribution in [0.5, 0.6) is 0 Å². The number of carbonyl (C=O) groups excluding carboxylic acids is 1. The van der Waals surface area contributed by atoms with Crippen LogP contribution in [-0.2, 0) is 6.42 Å². The number of hydrogen-bond donors (Lipinski definition) is 3. The van der Waals surface area contributed by atoms with E-state index < -0.39 is 0 Å². The number of aromatic nitrogens is 1. The van der Waals surface area contributed by atoms with Crippen LogP contribution < -0.4 is 11.3 Å². The maximum Gasteiger partial charge on any atom is 0.254 e. The smallest absolute Gasteiger partial charge is 0.254 e. The van der Waals surface area contributed by atoms with Gasteiger partial charge in [0.1, 0.15) is 5.82 Å². The molecule has 0 spiro atoms. The summed E-state index contributed by atoms with van der Waals surface area (Å²) in [4.78, 5) is 18.6. The Hall–Kier alpha value is -1.66. The molecular formula is C14H22N4O2. The normalized spacial score (nSPS) is 22.7. The van der Waals surface area contributed by atoms with E-state index in [1.54, 1.807) is 17.0 Å². The first-order chi connectivity index (χ1) is 9.55. The quantitative estimate of drug-likeness (QED) is 0.561. The molecule has 110 valence electrons. The standard InChI is InChI=1S/C14H22N4O2/c1-3-11-6-10(7-13(16-11)17-15)14(20)18-5-4-12(19)9(2)8-18/h6-7,9,12,19H,3-5,8,15H2,1-2H3,(H,16,17). The van der Waals surface area contributed by atoms with E-state index in [1.807, 2.05) is 13.8 Å². The molecule has 20 heavy (non-hydrogen) atoms. The lowest BCUT2D eigenvalue weighted by Crippen LogP contribution is -2.45. The first-order valence-corrected chi connectivity index (χ1v) is 7.00. The molecule has 1 saturated heterocycles. The summed E-state index contributed by atoms with van der Waals surface area (Å²) in [6.07, 6.45) is 1.05. The summed E-state index contributed by atoms with van der Waals surface area (Å²) in [6, 6.07) is 3.47. The lowest BCUT2D eigenvalue weighted by molar-refractivity contribution is 0.0297. The van der Waals surface area contributed by atoms with Crippen LogP contribution in [0, 0.1) is 5.92 Å². The minimum Gasteiger partial charge on any atom is -0.393 e. The number of nitrogens with one attached hydrogen (secondary N) is 1. The van der Waals surface area contributed by atoms with Crippen LogP contribution in [0.1, 0.15) is 36.3 Å². The van der Waals surface area contributed by atoms with Gasteiger partial charge >= 0.3 is 0 Å². The maximum atomic E-state index is 12.5. The van der Waals surface area contributed by atoms with Gasteiger partial charge in [-0.1, -0.05) is 13.8 Å². The number of likely N-dealkylation sites (tertiary alicyclic amines) is 1. The van der Waals surface area contributed by atoms with E-state index in [4.69, 9.17) is 5.84 Å². The molecule has 2 atom stereocenters. The largest absolute Gasteiger partial charge is 0.393 e. The van der Waals surface area contributed by atoms with Crippen molar-refractivity contribution < 1.29 is 9.90 Å². The highest BCUT2D eigenvalue weighted by Crippen LogP contribution is 2.20. The fourth-order valence-corrected chi connectivity index (χ4v) is 2.47. The molecular weight excluding hydrogens is 256 g/mol. The highest BCUT2D eigenvalue weighted by atomic mass is 16.3. The fraction of sp³-hybridized carbons (Fsp3) is 0.571. The number of amides is 1. The highest BCUT2D eigenvalue weighted by molar-refractivity contribution is 5.95. The molecule has 0 aromatic carbocycles. The van der Waals surface area contributed by atoms with Crippen LogP contribution in [0.3, 0.4) is 0 Å². The van der Waals surface area contributed by atoms with Gasteiger partial charge in [-0.2, -0.15) is 0 Å². The van der Waals surface area contributed by atoms with Crippen molar-refractivity contribution in [3.63, 3.8) is 0 Å². The molecule has 2 unspecified atom stereocenters. The predicted molar refractivity (Wildman–Crippen MR) is 77.1 cm³/mol. The Kier molecular flexibility index (Phi) is 4.57. The van der Waals surface area contributed by atoms with Gasteiger partial charge in [-0.15, -0.1) is 0 Å². The number of pyridine rings is 1. The summed E-state index contributed by atoms with van der Waals surface area (Å²) >= 11 is 0. The van der Waals surface area contributed by atoms with Crippen molar-refractivity contribution in [1.82, 2.24) is 9.88 Å². The monoisotopic (exact) mass is 278 g/mol. The van der Waals surface area contributed by atoms with Gasteiger partial charge in [0.05, 0.1) is 6.10 Å². The van der Waals surface area contributed by atoms with Crippen molar-refractivity contribution in [3.05, 3.63) is 23.4 Å². The summed E-state index contributed by atoms with van der Waals surface area (Å²) in [5.74, 6) is 5.96. The Bertz CT molecular complexity index is 470. The van der Waals surface area contributed by atoms with Crippen molar-refractivity contribution in [2.75, 3.05) is 18.5 Å². The second-order valence-electron chi connectivity index (χ2n) is 5.31. The number of anilines is 1. The Labute approximate surface area is 119 Å². The lowest BCUT2D eigenvalue weighted by Gasteiger charge is -2.34. The third kappa shape index (κ3) is 3.08. The number of nitrogen functional groups attached to an aromatic ring is 1. The topological polar surface area (TPSA) is 91.5 Å². The van der Waals surface area contributed by atoms with Gasteiger partial charge in [-0.25, -0.2) is 10.8 Å². The van der Waals surface area contributed by atoms with Crippen LogP contribution in [0.15, 0.2) is 12.1 Å². The second kappa shape index (κ2) is 6.19. The van der Waals surface area contributed by atoms with Crippen molar-refractivity contribution in [3.8, 4) is 0 Å². The van der Waals surface area contributed by atoms with E-state index in [2.05, 4.69) is 10.4 Å². The first kappa shape index (κ1) is 14.7.